The second-order valence-electron chi connectivity index (χ2n) is 6.68. The van der Waals surface area contributed by atoms with Crippen molar-refractivity contribution in [2.45, 2.75) is 52.7 Å². The van der Waals surface area contributed by atoms with Crippen LogP contribution in [0.15, 0.2) is 24.8 Å². The molecule has 0 aliphatic carbocycles. The summed E-state index contributed by atoms with van der Waals surface area (Å²) >= 11 is 0. The SMILES string of the molecule is C=CC[C@H](NC(=O)OC(C)(C)C)C(=O)N(CC(=C)C)CC(=O)OCC. The van der Waals surface area contributed by atoms with Crippen LogP contribution in [0.3, 0.4) is 0 Å². The van der Waals surface area contributed by atoms with Crippen molar-refractivity contribution >= 4 is 18.0 Å². The van der Waals surface area contributed by atoms with Crippen molar-refractivity contribution in [3.05, 3.63) is 24.8 Å². The van der Waals surface area contributed by atoms with Gasteiger partial charge >= 0.3 is 12.1 Å². The Morgan fingerprint density at radius 2 is 1.84 bits per heavy atom. The van der Waals surface area contributed by atoms with E-state index in [4.69, 9.17) is 9.47 Å². The van der Waals surface area contributed by atoms with Crippen LogP contribution in [0.2, 0.25) is 0 Å². The third-order valence-electron chi connectivity index (χ3n) is 2.79. The standard InChI is InChI=1S/C18H30N2O5/c1-8-10-14(19-17(23)25-18(5,6)7)16(22)20(11-13(3)4)12-15(21)24-9-2/h8,14H,1,3,9-12H2,2,4-7H3,(H,19,23)/t14-/m0/s1. The monoisotopic (exact) mass is 354 g/mol. The lowest BCUT2D eigenvalue weighted by Crippen LogP contribution is -2.51. The maximum absolute atomic E-state index is 12.8. The van der Waals surface area contributed by atoms with E-state index in [9.17, 15) is 14.4 Å². The number of ether oxygens (including phenoxy) is 2. The molecule has 7 heteroatoms. The molecular formula is C18H30N2O5. The van der Waals surface area contributed by atoms with Gasteiger partial charge in [-0.3, -0.25) is 9.59 Å². The molecule has 1 atom stereocenters. The number of hydrogen-bond donors (Lipinski definition) is 1. The molecule has 1 N–H and O–H groups in total. The van der Waals surface area contributed by atoms with Gasteiger partial charge in [0.05, 0.1) is 6.61 Å². The lowest BCUT2D eigenvalue weighted by atomic mass is 10.1. The number of esters is 1. The minimum Gasteiger partial charge on any atom is -0.465 e. The Labute approximate surface area is 150 Å². The molecule has 25 heavy (non-hydrogen) atoms. The molecule has 142 valence electrons. The van der Waals surface area contributed by atoms with Gasteiger partial charge in [-0.2, -0.15) is 0 Å². The molecule has 0 spiro atoms. The number of nitrogens with zero attached hydrogens (tertiary/aromatic N) is 1. The van der Waals surface area contributed by atoms with Gasteiger partial charge in [-0.05, 0) is 41.0 Å². The molecule has 0 rings (SSSR count). The Morgan fingerprint density at radius 1 is 1.24 bits per heavy atom. The van der Waals surface area contributed by atoms with E-state index < -0.39 is 29.6 Å². The molecule has 0 heterocycles. The number of hydrogen-bond acceptors (Lipinski definition) is 5. The third-order valence-corrected chi connectivity index (χ3v) is 2.79. The van der Waals surface area contributed by atoms with Crippen LogP contribution >= 0.6 is 0 Å². The molecule has 7 nitrogen and oxygen atoms in total. The van der Waals surface area contributed by atoms with Crippen LogP contribution in [0.4, 0.5) is 4.79 Å². The molecular weight excluding hydrogens is 324 g/mol. The molecule has 0 aromatic carbocycles. The average Bonchev–Trinajstić information content (AvgIpc) is 2.43. The lowest BCUT2D eigenvalue weighted by molar-refractivity contribution is -0.149. The molecule has 2 amide bonds. The molecule has 0 radical (unpaired) electrons. The van der Waals surface area contributed by atoms with Crippen molar-refractivity contribution in [1.29, 1.82) is 0 Å². The van der Waals surface area contributed by atoms with Crippen LogP contribution in [0.5, 0.6) is 0 Å². The summed E-state index contributed by atoms with van der Waals surface area (Å²) in [6.45, 7) is 16.2. The second-order valence-corrected chi connectivity index (χ2v) is 6.68. The van der Waals surface area contributed by atoms with E-state index in [-0.39, 0.29) is 26.1 Å². The summed E-state index contributed by atoms with van der Waals surface area (Å²) in [5.74, 6) is -0.950. The van der Waals surface area contributed by atoms with Gasteiger partial charge < -0.3 is 19.7 Å². The number of alkyl carbamates (subject to hydrolysis) is 1. The Kier molecular flexibility index (Phi) is 9.56. The van der Waals surface area contributed by atoms with Crippen LogP contribution < -0.4 is 5.32 Å². The zero-order chi connectivity index (χ0) is 19.6. The van der Waals surface area contributed by atoms with Crippen LogP contribution in [0.1, 0.15) is 41.0 Å². The first-order valence-electron chi connectivity index (χ1n) is 8.19. The number of amides is 2. The van der Waals surface area contributed by atoms with E-state index in [1.165, 1.54) is 11.0 Å². The Balaban J connectivity index is 5.18. The van der Waals surface area contributed by atoms with Crippen molar-refractivity contribution in [2.24, 2.45) is 0 Å². The maximum Gasteiger partial charge on any atom is 0.408 e. The van der Waals surface area contributed by atoms with Crippen molar-refractivity contribution in [3.8, 4) is 0 Å². The fourth-order valence-corrected chi connectivity index (χ4v) is 1.96. The molecule has 0 aromatic rings. The summed E-state index contributed by atoms with van der Waals surface area (Å²) in [6.07, 6.45) is 1.01. The number of carbonyl (C=O) groups is 3. The van der Waals surface area contributed by atoms with E-state index in [0.717, 1.165) is 0 Å². The fourth-order valence-electron chi connectivity index (χ4n) is 1.96. The first-order valence-corrected chi connectivity index (χ1v) is 8.19. The summed E-state index contributed by atoms with van der Waals surface area (Å²) < 4.78 is 10.1. The molecule has 0 fully saturated rings. The van der Waals surface area contributed by atoms with E-state index in [2.05, 4.69) is 18.5 Å². The zero-order valence-corrected chi connectivity index (χ0v) is 15.9. The summed E-state index contributed by atoms with van der Waals surface area (Å²) in [4.78, 5) is 37.8. The van der Waals surface area contributed by atoms with Crippen molar-refractivity contribution in [3.63, 3.8) is 0 Å². The summed E-state index contributed by atoms with van der Waals surface area (Å²) in [5, 5.41) is 2.53. The molecule has 0 aromatic heterocycles. The minimum absolute atomic E-state index is 0.182. The van der Waals surface area contributed by atoms with Gasteiger partial charge in [0.2, 0.25) is 5.91 Å². The number of nitrogens with one attached hydrogen (secondary N) is 1. The highest BCUT2D eigenvalue weighted by atomic mass is 16.6. The first-order chi connectivity index (χ1) is 11.5. The highest BCUT2D eigenvalue weighted by Gasteiger charge is 2.28. The fraction of sp³-hybridized carbons (Fsp3) is 0.611. The molecule has 0 aliphatic heterocycles. The predicted molar refractivity (Wildman–Crippen MR) is 96.0 cm³/mol. The number of rotatable bonds is 9. The van der Waals surface area contributed by atoms with Crippen LogP contribution in [0, 0.1) is 0 Å². The van der Waals surface area contributed by atoms with Gasteiger partial charge in [0.25, 0.3) is 0 Å². The van der Waals surface area contributed by atoms with Gasteiger partial charge in [-0.25, -0.2) is 4.79 Å². The topological polar surface area (TPSA) is 84.9 Å². The highest BCUT2D eigenvalue weighted by Crippen LogP contribution is 2.09. The normalized spacial score (nSPS) is 11.9. The van der Waals surface area contributed by atoms with Crippen molar-refractivity contribution < 1.29 is 23.9 Å². The Morgan fingerprint density at radius 3 is 2.28 bits per heavy atom. The lowest BCUT2D eigenvalue weighted by Gasteiger charge is -2.28. The third kappa shape index (κ3) is 10.2. The Bertz CT molecular complexity index is 508. The Hall–Kier alpha value is -2.31. The average molecular weight is 354 g/mol. The molecule has 0 aliphatic rings. The summed E-state index contributed by atoms with van der Waals surface area (Å²) in [5.41, 5.74) is 0.0148. The van der Waals surface area contributed by atoms with E-state index in [0.29, 0.717) is 5.57 Å². The largest absolute Gasteiger partial charge is 0.465 e. The molecule has 0 unspecified atom stereocenters. The van der Waals surface area contributed by atoms with Gasteiger partial charge in [0.1, 0.15) is 18.2 Å². The van der Waals surface area contributed by atoms with Gasteiger partial charge in [-0.1, -0.05) is 18.2 Å². The van der Waals surface area contributed by atoms with E-state index >= 15 is 0 Å². The van der Waals surface area contributed by atoms with Crippen LogP contribution in [-0.4, -0.2) is 54.2 Å². The van der Waals surface area contributed by atoms with Gasteiger partial charge in [0, 0.05) is 6.54 Å². The van der Waals surface area contributed by atoms with E-state index in [1.54, 1.807) is 34.6 Å². The predicted octanol–water partition coefficient (Wildman–Crippen LogP) is 2.42. The minimum atomic E-state index is -0.888. The number of carbonyl (C=O) groups excluding carboxylic acids is 3. The molecule has 0 bridgehead atoms. The second kappa shape index (κ2) is 10.5. The maximum atomic E-state index is 12.8. The van der Waals surface area contributed by atoms with Crippen molar-refractivity contribution in [1.82, 2.24) is 10.2 Å². The van der Waals surface area contributed by atoms with Crippen LogP contribution in [-0.2, 0) is 19.1 Å². The molecule has 0 saturated carbocycles. The van der Waals surface area contributed by atoms with E-state index in [1.807, 2.05) is 0 Å². The molecule has 0 saturated heterocycles. The highest BCUT2D eigenvalue weighted by molar-refractivity contribution is 5.88. The van der Waals surface area contributed by atoms with Gasteiger partial charge in [0.15, 0.2) is 0 Å². The van der Waals surface area contributed by atoms with Crippen molar-refractivity contribution in [2.75, 3.05) is 19.7 Å². The zero-order valence-electron chi connectivity index (χ0n) is 15.9. The van der Waals surface area contributed by atoms with Gasteiger partial charge in [-0.15, -0.1) is 6.58 Å². The quantitative estimate of drug-likeness (QED) is 0.508. The summed E-state index contributed by atoms with van der Waals surface area (Å²) in [6, 6.07) is -0.888. The summed E-state index contributed by atoms with van der Waals surface area (Å²) in [7, 11) is 0. The van der Waals surface area contributed by atoms with Crippen LogP contribution in [0.25, 0.3) is 0 Å². The smallest absolute Gasteiger partial charge is 0.408 e. The first kappa shape index (κ1) is 22.7.